The first kappa shape index (κ1) is 36.8. The van der Waals surface area contributed by atoms with Crippen LogP contribution in [-0.4, -0.2) is 40.4 Å². The number of nitrogens with one attached hydrogen (secondary N) is 1. The van der Waals surface area contributed by atoms with Crippen molar-refractivity contribution in [1.82, 2.24) is 5.32 Å². The average Bonchev–Trinajstić information content (AvgIpc) is 3.30. The van der Waals surface area contributed by atoms with E-state index in [1.165, 1.54) is 24.3 Å². The molecule has 0 saturated heterocycles. The third kappa shape index (κ3) is 5.39. The molecule has 2 N–H and O–H groups in total. The molecule has 0 bridgehead atoms. The summed E-state index contributed by atoms with van der Waals surface area (Å²) in [5.74, 6) is -0.967. The first-order chi connectivity index (χ1) is 23.1. The van der Waals surface area contributed by atoms with Gasteiger partial charge in [0.15, 0.2) is 5.78 Å². The van der Waals surface area contributed by atoms with Crippen LogP contribution >= 0.6 is 0 Å². The number of carbonyl (C=O) groups excluding carboxylic acids is 3. The molecule has 0 unspecified atom stereocenters. The maximum absolute atomic E-state index is 13.9. The Morgan fingerprint density at radius 1 is 0.920 bits per heavy atom. The Kier molecular flexibility index (Phi) is 8.83. The summed E-state index contributed by atoms with van der Waals surface area (Å²) >= 11 is 0. The van der Waals surface area contributed by atoms with Gasteiger partial charge < -0.3 is 15.2 Å². The molecule has 8 atom stereocenters. The number of carboxylic acids is 1. The number of ether oxygens (including phenoxy) is 1. The molecule has 1 aromatic rings. The highest BCUT2D eigenvalue weighted by Gasteiger charge is 2.70. The van der Waals surface area contributed by atoms with Crippen LogP contribution in [0.2, 0.25) is 0 Å². The average molecular weight is 692 g/mol. The number of aliphatic carboxylic acids is 1. The molecule has 5 aliphatic rings. The van der Waals surface area contributed by atoms with Crippen molar-refractivity contribution in [3.05, 3.63) is 46.8 Å². The molecule has 0 aliphatic heterocycles. The van der Waals surface area contributed by atoms with Gasteiger partial charge >= 0.3 is 11.9 Å². The third-order valence-corrected chi connectivity index (χ3v) is 15.3. The van der Waals surface area contributed by atoms with Gasteiger partial charge in [-0.05, 0) is 141 Å². The summed E-state index contributed by atoms with van der Waals surface area (Å²) in [6.45, 7) is 19.3. The fourth-order valence-electron chi connectivity index (χ4n) is 12.5. The molecule has 274 valence electrons. The van der Waals surface area contributed by atoms with Gasteiger partial charge in [0.1, 0.15) is 11.9 Å². The number of esters is 1. The quantitative estimate of drug-likeness (QED) is 0.277. The fourth-order valence-corrected chi connectivity index (χ4v) is 12.5. The summed E-state index contributed by atoms with van der Waals surface area (Å²) in [6.07, 6.45) is 7.19. The van der Waals surface area contributed by atoms with Gasteiger partial charge in [0.25, 0.3) is 5.91 Å². The number of halogens is 1. The van der Waals surface area contributed by atoms with E-state index in [-0.39, 0.29) is 64.1 Å². The Balaban J connectivity index is 1.30. The lowest BCUT2D eigenvalue weighted by Gasteiger charge is -2.72. The highest BCUT2D eigenvalue weighted by molar-refractivity contribution is 6.03. The van der Waals surface area contributed by atoms with Crippen LogP contribution in [0.5, 0.6) is 0 Å². The number of carbonyl (C=O) groups is 4. The van der Waals surface area contributed by atoms with E-state index in [1.54, 1.807) is 13.8 Å². The summed E-state index contributed by atoms with van der Waals surface area (Å²) in [4.78, 5) is 52.4. The fraction of sp³-hybridized carbons (Fsp3) is 0.714. The molecule has 0 spiro atoms. The van der Waals surface area contributed by atoms with Gasteiger partial charge in [-0.1, -0.05) is 48.5 Å². The Bertz CT molecular complexity index is 1630. The largest absolute Gasteiger partial charge is 0.481 e. The van der Waals surface area contributed by atoms with E-state index in [4.69, 9.17) is 4.74 Å². The summed E-state index contributed by atoms with van der Waals surface area (Å²) < 4.78 is 19.8. The zero-order valence-electron chi connectivity index (χ0n) is 31.6. The number of benzene rings is 1. The molecule has 0 aromatic heterocycles. The molecule has 5 aliphatic carbocycles. The summed E-state index contributed by atoms with van der Waals surface area (Å²) in [7, 11) is 0. The second-order valence-electron chi connectivity index (χ2n) is 18.9. The normalized spacial score (nSPS) is 37.7. The second kappa shape index (κ2) is 12.0. The van der Waals surface area contributed by atoms with E-state index in [1.807, 2.05) is 0 Å². The monoisotopic (exact) mass is 691 g/mol. The van der Waals surface area contributed by atoms with Crippen molar-refractivity contribution in [1.29, 1.82) is 0 Å². The van der Waals surface area contributed by atoms with Gasteiger partial charge in [-0.15, -0.1) is 0 Å². The maximum atomic E-state index is 13.9. The predicted octanol–water partition coefficient (Wildman–Crippen LogP) is 8.70. The molecule has 0 radical (unpaired) electrons. The van der Waals surface area contributed by atoms with Crippen LogP contribution in [0.15, 0.2) is 35.4 Å². The van der Waals surface area contributed by atoms with Crippen molar-refractivity contribution in [2.24, 2.45) is 50.7 Å². The second-order valence-corrected chi connectivity index (χ2v) is 18.9. The molecule has 8 heteroatoms. The molecule has 1 aromatic carbocycles. The van der Waals surface area contributed by atoms with Crippen LogP contribution in [0.1, 0.15) is 137 Å². The minimum atomic E-state index is -1.18. The minimum absolute atomic E-state index is 0.000123. The zero-order valence-corrected chi connectivity index (χ0v) is 31.6. The SMILES string of the molecule is CC(C)C1=C2[C@H]3CC[C@@H]4[C@@]5(C)CC[C@H](OC(=O)CC(C)(C)C(=O)O)C(C)(C)[C@@H]5CC[C@@]4(C)[C@]3(C)CC[C@@]2(NC(=O)c2ccc(F)cc2)CC1=O. The standard InChI is InChI=1S/C42H58FNO6/c1-24(2)33-28(45)22-42(44-35(47)25-10-12-26(43)13-11-25)21-20-40(8)27(34(33)42)14-15-30-39(7)18-17-31(50-32(46)23-37(3,4)36(48)49)38(5,6)29(39)16-19-41(30,40)9/h10-13,24,27,29-31H,14-23H2,1-9H3,(H,44,47)(H,48,49)/t27-,29+,30-,31+,39+,40-,41-,42-/m1/s1. The molecule has 4 fully saturated rings. The van der Waals surface area contributed by atoms with Gasteiger partial charge in [-0.25, -0.2) is 4.39 Å². The smallest absolute Gasteiger partial charge is 0.309 e. The molecule has 50 heavy (non-hydrogen) atoms. The lowest BCUT2D eigenvalue weighted by molar-refractivity contribution is -0.232. The number of amides is 1. The topological polar surface area (TPSA) is 110 Å². The first-order valence-electron chi connectivity index (χ1n) is 18.9. The van der Waals surface area contributed by atoms with E-state index in [2.05, 4.69) is 53.8 Å². The maximum Gasteiger partial charge on any atom is 0.309 e. The lowest BCUT2D eigenvalue weighted by atomic mass is 9.33. The molecule has 1 amide bonds. The number of Topliss-reactive ketones (excluding diaryl/α,β-unsaturated/α-hetero) is 1. The minimum Gasteiger partial charge on any atom is -0.481 e. The molecule has 6 rings (SSSR count). The lowest BCUT2D eigenvalue weighted by Crippen LogP contribution is -2.67. The van der Waals surface area contributed by atoms with Crippen molar-refractivity contribution in [3.63, 3.8) is 0 Å². The van der Waals surface area contributed by atoms with Gasteiger partial charge in [0.2, 0.25) is 0 Å². The van der Waals surface area contributed by atoms with Gasteiger partial charge in [-0.2, -0.15) is 0 Å². The van der Waals surface area contributed by atoms with Crippen molar-refractivity contribution < 1.29 is 33.4 Å². The Hall–Kier alpha value is -3.03. The molecule has 0 heterocycles. The van der Waals surface area contributed by atoms with Gasteiger partial charge in [0, 0.05) is 17.4 Å². The van der Waals surface area contributed by atoms with Crippen LogP contribution in [0.3, 0.4) is 0 Å². The van der Waals surface area contributed by atoms with E-state index in [9.17, 15) is 28.7 Å². The Morgan fingerprint density at radius 3 is 2.20 bits per heavy atom. The molecule has 7 nitrogen and oxygen atoms in total. The number of ketones is 1. The van der Waals surface area contributed by atoms with E-state index < -0.39 is 28.7 Å². The van der Waals surface area contributed by atoms with Crippen molar-refractivity contribution in [2.75, 3.05) is 0 Å². The highest BCUT2D eigenvalue weighted by atomic mass is 19.1. The van der Waals surface area contributed by atoms with Crippen molar-refractivity contribution in [2.45, 2.75) is 138 Å². The number of hydrogen-bond donors (Lipinski definition) is 2. The molecular weight excluding hydrogens is 633 g/mol. The van der Waals surface area contributed by atoms with Crippen LogP contribution in [-0.2, 0) is 19.1 Å². The number of carboxylic acid groups (broad SMARTS) is 1. The Labute approximate surface area is 297 Å². The number of rotatable bonds is 7. The number of allylic oxidation sites excluding steroid dienone is 1. The summed E-state index contributed by atoms with van der Waals surface area (Å²) in [5.41, 5.74) is 0.231. The predicted molar refractivity (Wildman–Crippen MR) is 190 cm³/mol. The van der Waals surface area contributed by atoms with E-state index >= 15 is 0 Å². The zero-order chi connectivity index (χ0) is 36.8. The van der Waals surface area contributed by atoms with Crippen molar-refractivity contribution in [3.8, 4) is 0 Å². The van der Waals surface area contributed by atoms with E-state index in [0.29, 0.717) is 23.8 Å². The van der Waals surface area contributed by atoms with E-state index in [0.717, 1.165) is 56.1 Å². The van der Waals surface area contributed by atoms with Crippen LogP contribution in [0.25, 0.3) is 0 Å². The van der Waals surface area contributed by atoms with Crippen LogP contribution in [0, 0.1) is 56.6 Å². The first-order valence-corrected chi connectivity index (χ1v) is 18.9. The van der Waals surface area contributed by atoms with Gasteiger partial charge in [0.05, 0.1) is 17.4 Å². The Morgan fingerprint density at radius 2 is 1.58 bits per heavy atom. The third-order valence-electron chi connectivity index (χ3n) is 15.3. The number of fused-ring (bicyclic) bond motifs is 7. The number of hydrogen-bond acceptors (Lipinski definition) is 5. The van der Waals surface area contributed by atoms with Crippen LogP contribution < -0.4 is 5.32 Å². The highest BCUT2D eigenvalue weighted by Crippen LogP contribution is 2.76. The summed E-state index contributed by atoms with van der Waals surface area (Å²) in [6, 6.07) is 5.63. The molecular formula is C42H58FNO6. The van der Waals surface area contributed by atoms with Crippen molar-refractivity contribution >= 4 is 23.6 Å². The van der Waals surface area contributed by atoms with Crippen LogP contribution in [0.4, 0.5) is 4.39 Å². The summed E-state index contributed by atoms with van der Waals surface area (Å²) in [5, 5.41) is 13.0. The molecule has 4 saturated carbocycles. The van der Waals surface area contributed by atoms with Gasteiger partial charge in [-0.3, -0.25) is 19.2 Å².